The van der Waals surface area contributed by atoms with E-state index in [1.54, 1.807) is 0 Å². The monoisotopic (exact) mass is 457 g/mol. The highest BCUT2D eigenvalue weighted by Crippen LogP contribution is 2.18. The predicted octanol–water partition coefficient (Wildman–Crippen LogP) is 2.09. The second-order valence-electron chi connectivity index (χ2n) is 8.06. The number of hydrogen-bond acceptors (Lipinski definition) is 4. The molecule has 1 fully saturated rings. The Morgan fingerprint density at radius 2 is 1.50 bits per heavy atom. The van der Waals surface area contributed by atoms with Gasteiger partial charge in [-0.25, -0.2) is 13.1 Å². The topological polar surface area (TPSA) is 95.6 Å². The molecule has 172 valence electrons. The lowest BCUT2D eigenvalue weighted by Gasteiger charge is -2.31. The molecule has 2 amide bonds. The Morgan fingerprint density at radius 1 is 0.906 bits per heavy atom. The average molecular weight is 458 g/mol. The quantitative estimate of drug-likeness (QED) is 0.571. The molecule has 0 unspecified atom stereocenters. The first-order chi connectivity index (χ1) is 15.4. The zero-order valence-electron chi connectivity index (χ0n) is 18.2. The first-order valence-electron chi connectivity index (χ1n) is 11.0. The van der Waals surface area contributed by atoms with E-state index in [0.29, 0.717) is 38.8 Å². The van der Waals surface area contributed by atoms with Gasteiger partial charge in [0, 0.05) is 38.5 Å². The lowest BCUT2D eigenvalue weighted by atomic mass is 9.95. The lowest BCUT2D eigenvalue weighted by Crippen LogP contribution is -2.44. The van der Waals surface area contributed by atoms with Crippen molar-refractivity contribution in [3.05, 3.63) is 71.8 Å². The van der Waals surface area contributed by atoms with Gasteiger partial charge < -0.3 is 10.2 Å². The molecule has 0 atom stereocenters. The number of hydrogen-bond donors (Lipinski definition) is 2. The number of carbonyl (C=O) groups is 2. The van der Waals surface area contributed by atoms with E-state index in [2.05, 4.69) is 10.0 Å². The number of piperidine rings is 1. The van der Waals surface area contributed by atoms with Crippen molar-refractivity contribution < 1.29 is 18.0 Å². The number of rotatable bonds is 10. The van der Waals surface area contributed by atoms with Crippen LogP contribution in [0.4, 0.5) is 0 Å². The van der Waals surface area contributed by atoms with Crippen molar-refractivity contribution in [2.75, 3.05) is 25.4 Å². The van der Waals surface area contributed by atoms with E-state index in [9.17, 15) is 18.0 Å². The summed E-state index contributed by atoms with van der Waals surface area (Å²) in [4.78, 5) is 26.7. The van der Waals surface area contributed by atoms with Crippen molar-refractivity contribution in [3.63, 3.8) is 0 Å². The highest BCUT2D eigenvalue weighted by molar-refractivity contribution is 7.89. The maximum absolute atomic E-state index is 12.4. The first-order valence-corrected chi connectivity index (χ1v) is 12.7. The van der Waals surface area contributed by atoms with Gasteiger partial charge in [0.05, 0.1) is 5.75 Å². The molecule has 32 heavy (non-hydrogen) atoms. The summed E-state index contributed by atoms with van der Waals surface area (Å²) < 4.78 is 26.8. The van der Waals surface area contributed by atoms with Crippen molar-refractivity contribution in [1.82, 2.24) is 14.9 Å². The Hall–Kier alpha value is -2.71. The van der Waals surface area contributed by atoms with Crippen LogP contribution in [0, 0.1) is 5.92 Å². The van der Waals surface area contributed by atoms with Crippen LogP contribution in [0.25, 0.3) is 0 Å². The van der Waals surface area contributed by atoms with Gasteiger partial charge in [-0.15, -0.1) is 0 Å². The number of amides is 2. The molecule has 2 aromatic rings. The standard InChI is InChI=1S/C24H31N3O4S/c28-23(12-11-20-7-3-1-4-8-20)27-16-13-22(14-17-27)24(29)25-15-18-32(30,31)26-19-21-9-5-2-6-10-21/h1-10,22,26H,11-19H2,(H,25,29). The van der Waals surface area contributed by atoms with Crippen LogP contribution < -0.4 is 10.0 Å². The number of likely N-dealkylation sites (tertiary alicyclic amines) is 1. The minimum absolute atomic E-state index is 0.0686. The van der Waals surface area contributed by atoms with E-state index < -0.39 is 10.0 Å². The summed E-state index contributed by atoms with van der Waals surface area (Å²) in [6.45, 7) is 1.42. The summed E-state index contributed by atoms with van der Waals surface area (Å²) in [5, 5.41) is 2.74. The number of aryl methyl sites for hydroxylation is 1. The van der Waals surface area contributed by atoms with Crippen molar-refractivity contribution in [1.29, 1.82) is 0 Å². The summed E-state index contributed by atoms with van der Waals surface area (Å²) >= 11 is 0. The fourth-order valence-electron chi connectivity index (χ4n) is 3.76. The van der Waals surface area contributed by atoms with Crippen molar-refractivity contribution in [3.8, 4) is 0 Å². The third kappa shape index (κ3) is 7.76. The Labute approximate surface area is 190 Å². The molecule has 1 aliphatic heterocycles. The molecule has 0 bridgehead atoms. The molecule has 7 nitrogen and oxygen atoms in total. The molecule has 0 saturated carbocycles. The van der Waals surface area contributed by atoms with E-state index >= 15 is 0 Å². The van der Waals surface area contributed by atoms with Gasteiger partial charge in [0.15, 0.2) is 0 Å². The summed E-state index contributed by atoms with van der Waals surface area (Å²) in [6, 6.07) is 19.2. The van der Waals surface area contributed by atoms with Gasteiger partial charge in [0.1, 0.15) is 0 Å². The zero-order chi connectivity index (χ0) is 22.8. The van der Waals surface area contributed by atoms with Gasteiger partial charge in [0.2, 0.25) is 21.8 Å². The normalized spacial score (nSPS) is 14.8. The molecular weight excluding hydrogens is 426 g/mol. The number of sulfonamides is 1. The summed E-state index contributed by atoms with van der Waals surface area (Å²) in [6.07, 6.45) is 2.38. The van der Waals surface area contributed by atoms with Crippen LogP contribution in [0.5, 0.6) is 0 Å². The zero-order valence-corrected chi connectivity index (χ0v) is 19.0. The largest absolute Gasteiger partial charge is 0.355 e. The Morgan fingerprint density at radius 3 is 2.12 bits per heavy atom. The molecule has 1 saturated heterocycles. The van der Waals surface area contributed by atoms with Gasteiger partial charge in [0.25, 0.3) is 0 Å². The van der Waals surface area contributed by atoms with E-state index in [-0.39, 0.29) is 36.6 Å². The summed E-state index contributed by atoms with van der Waals surface area (Å²) in [5.74, 6) is -0.376. The Balaban J connectivity index is 1.33. The molecule has 0 aliphatic carbocycles. The Bertz CT molecular complexity index is 973. The van der Waals surface area contributed by atoms with Gasteiger partial charge in [-0.05, 0) is 30.4 Å². The molecule has 1 aliphatic rings. The maximum Gasteiger partial charge on any atom is 0.223 e. The molecule has 1 heterocycles. The first kappa shape index (κ1) is 23.9. The van der Waals surface area contributed by atoms with Gasteiger partial charge >= 0.3 is 0 Å². The summed E-state index contributed by atoms with van der Waals surface area (Å²) in [7, 11) is -3.47. The minimum atomic E-state index is -3.47. The number of carbonyl (C=O) groups excluding carboxylic acids is 2. The van der Waals surface area contributed by atoms with Gasteiger partial charge in [-0.1, -0.05) is 60.7 Å². The van der Waals surface area contributed by atoms with E-state index in [0.717, 1.165) is 11.1 Å². The van der Waals surface area contributed by atoms with Crippen LogP contribution in [-0.4, -0.2) is 50.5 Å². The van der Waals surface area contributed by atoms with Gasteiger partial charge in [-0.3, -0.25) is 9.59 Å². The van der Waals surface area contributed by atoms with E-state index in [1.807, 2.05) is 65.6 Å². The molecule has 0 radical (unpaired) electrons. The van der Waals surface area contributed by atoms with Crippen LogP contribution in [0.2, 0.25) is 0 Å². The second-order valence-corrected chi connectivity index (χ2v) is 9.98. The highest BCUT2D eigenvalue weighted by atomic mass is 32.2. The smallest absolute Gasteiger partial charge is 0.223 e. The fourth-order valence-corrected chi connectivity index (χ4v) is 4.66. The van der Waals surface area contributed by atoms with Crippen molar-refractivity contribution in [2.45, 2.75) is 32.2 Å². The molecule has 2 aromatic carbocycles. The van der Waals surface area contributed by atoms with E-state index in [1.165, 1.54) is 0 Å². The maximum atomic E-state index is 12.4. The minimum Gasteiger partial charge on any atom is -0.355 e. The van der Waals surface area contributed by atoms with Crippen molar-refractivity contribution in [2.24, 2.45) is 5.92 Å². The van der Waals surface area contributed by atoms with Crippen LogP contribution in [0.1, 0.15) is 30.4 Å². The molecular formula is C24H31N3O4S. The van der Waals surface area contributed by atoms with E-state index in [4.69, 9.17) is 0 Å². The average Bonchev–Trinajstić information content (AvgIpc) is 2.82. The number of nitrogens with one attached hydrogen (secondary N) is 2. The fraction of sp³-hybridized carbons (Fsp3) is 0.417. The molecule has 0 aromatic heterocycles. The molecule has 3 rings (SSSR count). The van der Waals surface area contributed by atoms with Crippen LogP contribution in [-0.2, 0) is 32.6 Å². The van der Waals surface area contributed by atoms with Crippen LogP contribution >= 0.6 is 0 Å². The van der Waals surface area contributed by atoms with Crippen LogP contribution in [0.3, 0.4) is 0 Å². The Kier molecular flexibility index (Phi) is 8.81. The second kappa shape index (κ2) is 11.8. The summed E-state index contributed by atoms with van der Waals surface area (Å²) in [5.41, 5.74) is 2.02. The van der Waals surface area contributed by atoms with Crippen molar-refractivity contribution >= 4 is 21.8 Å². The SMILES string of the molecule is O=C(NCCS(=O)(=O)NCc1ccccc1)C1CCN(C(=O)CCc2ccccc2)CC1. The molecule has 2 N–H and O–H groups in total. The number of nitrogens with zero attached hydrogens (tertiary/aromatic N) is 1. The predicted molar refractivity (Wildman–Crippen MR) is 124 cm³/mol. The third-order valence-electron chi connectivity index (χ3n) is 5.70. The van der Waals surface area contributed by atoms with Gasteiger partial charge in [-0.2, -0.15) is 0 Å². The molecule has 8 heteroatoms. The molecule has 0 spiro atoms. The lowest BCUT2D eigenvalue weighted by molar-refractivity contribution is -0.135. The van der Waals surface area contributed by atoms with Crippen LogP contribution in [0.15, 0.2) is 60.7 Å². The highest BCUT2D eigenvalue weighted by Gasteiger charge is 2.27. The third-order valence-corrected chi connectivity index (χ3v) is 7.02. The number of benzene rings is 2.